The van der Waals surface area contributed by atoms with Crippen molar-refractivity contribution in [3.8, 4) is 0 Å². The van der Waals surface area contributed by atoms with E-state index in [2.05, 4.69) is 12.3 Å². The van der Waals surface area contributed by atoms with Gasteiger partial charge in [0.1, 0.15) is 0 Å². The normalized spacial score (nSPS) is 21.7. The second-order valence-corrected chi connectivity index (χ2v) is 2.45. The standard InChI is InChI=1S/C7H12N2O/c1-2-3-5-9-6-4-7(10)8-9/h5H,2-4,6H2,1H3/p+1/b9-5-. The number of unbranched alkanes of at least 4 members (excludes halogenated alkanes) is 1. The molecule has 0 radical (unpaired) electrons. The fourth-order valence-corrected chi connectivity index (χ4v) is 0.916. The molecule has 10 heavy (non-hydrogen) atoms. The molecule has 1 rings (SSSR count). The summed E-state index contributed by atoms with van der Waals surface area (Å²) >= 11 is 0. The van der Waals surface area contributed by atoms with Crippen molar-refractivity contribution in [2.75, 3.05) is 6.54 Å². The Bertz CT molecular complexity index is 163. The highest BCUT2D eigenvalue weighted by atomic mass is 16.2. The van der Waals surface area contributed by atoms with Crippen molar-refractivity contribution >= 4 is 12.1 Å². The van der Waals surface area contributed by atoms with E-state index in [9.17, 15) is 4.79 Å². The van der Waals surface area contributed by atoms with Crippen LogP contribution < -0.4 is 5.43 Å². The zero-order valence-corrected chi connectivity index (χ0v) is 6.26. The van der Waals surface area contributed by atoms with E-state index in [4.69, 9.17) is 0 Å². The van der Waals surface area contributed by atoms with Crippen LogP contribution in [0.5, 0.6) is 0 Å². The summed E-state index contributed by atoms with van der Waals surface area (Å²) in [7, 11) is 0. The number of hydrogen-bond acceptors (Lipinski definition) is 1. The van der Waals surface area contributed by atoms with Crippen LogP contribution in [-0.2, 0) is 4.79 Å². The van der Waals surface area contributed by atoms with E-state index in [0.29, 0.717) is 6.42 Å². The Labute approximate surface area is 60.7 Å². The third-order valence-electron chi connectivity index (χ3n) is 1.49. The van der Waals surface area contributed by atoms with Gasteiger partial charge < -0.3 is 0 Å². The molecular weight excluding hydrogens is 128 g/mol. The number of carbonyl (C=O) groups is 1. The fraction of sp³-hybridized carbons (Fsp3) is 0.714. The van der Waals surface area contributed by atoms with Crippen LogP contribution in [0.4, 0.5) is 0 Å². The van der Waals surface area contributed by atoms with Crippen molar-refractivity contribution in [2.45, 2.75) is 26.2 Å². The van der Waals surface area contributed by atoms with Crippen LogP contribution in [0.25, 0.3) is 0 Å². The van der Waals surface area contributed by atoms with Gasteiger partial charge in [-0.1, -0.05) is 6.92 Å². The summed E-state index contributed by atoms with van der Waals surface area (Å²) in [5.41, 5.74) is 2.73. The van der Waals surface area contributed by atoms with E-state index in [1.807, 2.05) is 10.9 Å². The van der Waals surface area contributed by atoms with Crippen LogP contribution in [0.3, 0.4) is 0 Å². The number of nitrogens with one attached hydrogen (secondary N) is 1. The van der Waals surface area contributed by atoms with Gasteiger partial charge in [-0.05, 0) is 6.42 Å². The summed E-state index contributed by atoms with van der Waals surface area (Å²) in [5.74, 6) is 0.132. The Morgan fingerprint density at radius 2 is 2.60 bits per heavy atom. The molecular formula is C7H13N2O+. The SMILES string of the molecule is CCC/C=[N+]1/CCC(=O)N1. The number of amides is 1. The third-order valence-corrected chi connectivity index (χ3v) is 1.49. The lowest BCUT2D eigenvalue weighted by molar-refractivity contribution is -0.554. The maximum absolute atomic E-state index is 10.6. The van der Waals surface area contributed by atoms with E-state index >= 15 is 0 Å². The van der Waals surface area contributed by atoms with Crippen LogP contribution in [0.2, 0.25) is 0 Å². The highest BCUT2D eigenvalue weighted by Gasteiger charge is 2.19. The van der Waals surface area contributed by atoms with E-state index < -0.39 is 0 Å². The van der Waals surface area contributed by atoms with Gasteiger partial charge in [-0.3, -0.25) is 4.79 Å². The third kappa shape index (κ3) is 1.83. The zero-order chi connectivity index (χ0) is 7.40. The number of hydrazine groups is 1. The monoisotopic (exact) mass is 141 g/mol. The second kappa shape index (κ2) is 3.34. The largest absolute Gasteiger partial charge is 0.280 e. The molecule has 3 heteroatoms. The molecule has 1 amide bonds. The average molecular weight is 141 g/mol. The second-order valence-electron chi connectivity index (χ2n) is 2.45. The zero-order valence-electron chi connectivity index (χ0n) is 6.26. The fourth-order valence-electron chi connectivity index (χ4n) is 0.916. The summed E-state index contributed by atoms with van der Waals surface area (Å²) < 4.78 is 1.87. The number of hydrogen-bond donors (Lipinski definition) is 1. The minimum Gasteiger partial charge on any atom is -0.269 e. The molecule has 0 aromatic heterocycles. The molecule has 0 atom stereocenters. The van der Waals surface area contributed by atoms with Crippen molar-refractivity contribution in [1.82, 2.24) is 5.43 Å². The number of carbonyl (C=O) groups excluding carboxylic acids is 1. The van der Waals surface area contributed by atoms with Gasteiger partial charge in [0, 0.05) is 6.42 Å². The molecule has 3 nitrogen and oxygen atoms in total. The lowest BCUT2D eigenvalue weighted by atomic mass is 10.4. The topological polar surface area (TPSA) is 32.1 Å². The average Bonchev–Trinajstić information content (AvgIpc) is 2.31. The first kappa shape index (κ1) is 7.25. The Hall–Kier alpha value is -0.860. The molecule has 0 aromatic rings. The van der Waals surface area contributed by atoms with Crippen molar-refractivity contribution in [2.24, 2.45) is 0 Å². The van der Waals surface area contributed by atoms with E-state index in [-0.39, 0.29) is 5.91 Å². The molecule has 0 saturated carbocycles. The van der Waals surface area contributed by atoms with E-state index in [1.54, 1.807) is 0 Å². The van der Waals surface area contributed by atoms with Gasteiger partial charge in [0.15, 0.2) is 12.8 Å². The minimum absolute atomic E-state index is 0.132. The smallest absolute Gasteiger partial charge is 0.269 e. The van der Waals surface area contributed by atoms with Crippen LogP contribution >= 0.6 is 0 Å². The molecule has 1 aliphatic rings. The van der Waals surface area contributed by atoms with Crippen molar-refractivity contribution in [3.63, 3.8) is 0 Å². The van der Waals surface area contributed by atoms with Crippen molar-refractivity contribution in [1.29, 1.82) is 0 Å². The summed E-state index contributed by atoms with van der Waals surface area (Å²) in [4.78, 5) is 10.6. The van der Waals surface area contributed by atoms with Gasteiger partial charge in [0.25, 0.3) is 5.91 Å². The first-order valence-electron chi connectivity index (χ1n) is 3.72. The van der Waals surface area contributed by atoms with Gasteiger partial charge >= 0.3 is 0 Å². The summed E-state index contributed by atoms with van der Waals surface area (Å²) in [6.45, 7) is 2.95. The highest BCUT2D eigenvalue weighted by molar-refractivity contribution is 5.76. The summed E-state index contributed by atoms with van der Waals surface area (Å²) in [6.07, 6.45) is 4.85. The van der Waals surface area contributed by atoms with Gasteiger partial charge in [0.05, 0.1) is 6.42 Å². The molecule has 1 heterocycles. The molecule has 0 aromatic carbocycles. The first-order chi connectivity index (χ1) is 4.83. The van der Waals surface area contributed by atoms with Gasteiger partial charge in [-0.25, -0.2) is 0 Å². The molecule has 1 N–H and O–H groups in total. The number of nitrogens with zero attached hydrogens (tertiary/aromatic N) is 1. The Morgan fingerprint density at radius 1 is 1.80 bits per heavy atom. The molecule has 0 aliphatic carbocycles. The van der Waals surface area contributed by atoms with Crippen molar-refractivity contribution in [3.05, 3.63) is 0 Å². The van der Waals surface area contributed by atoms with E-state index in [0.717, 1.165) is 19.4 Å². The quantitative estimate of drug-likeness (QED) is 0.551. The molecule has 1 saturated heterocycles. The molecule has 1 fully saturated rings. The predicted molar refractivity (Wildman–Crippen MR) is 38.9 cm³/mol. The lowest BCUT2D eigenvalue weighted by Gasteiger charge is -1.87. The van der Waals surface area contributed by atoms with Crippen molar-refractivity contribution < 1.29 is 9.48 Å². The molecule has 56 valence electrons. The first-order valence-corrected chi connectivity index (χ1v) is 3.72. The lowest BCUT2D eigenvalue weighted by Crippen LogP contribution is -2.24. The van der Waals surface area contributed by atoms with E-state index in [1.165, 1.54) is 0 Å². The van der Waals surface area contributed by atoms with Crippen LogP contribution in [0.1, 0.15) is 26.2 Å². The maximum atomic E-state index is 10.6. The predicted octanol–water partition coefficient (Wildman–Crippen LogP) is 0.305. The van der Waals surface area contributed by atoms with Crippen LogP contribution in [0.15, 0.2) is 0 Å². The number of hydrazone groups is 1. The number of rotatable bonds is 2. The van der Waals surface area contributed by atoms with Gasteiger partial charge in [0.2, 0.25) is 0 Å². The van der Waals surface area contributed by atoms with Crippen LogP contribution in [0, 0.1) is 0 Å². The maximum Gasteiger partial charge on any atom is 0.280 e. The van der Waals surface area contributed by atoms with Crippen LogP contribution in [-0.4, -0.2) is 23.4 Å². The van der Waals surface area contributed by atoms with Gasteiger partial charge in [-0.15, -0.1) is 10.1 Å². The minimum atomic E-state index is 0.132. The Morgan fingerprint density at radius 3 is 3.10 bits per heavy atom. The highest BCUT2D eigenvalue weighted by Crippen LogP contribution is 1.91. The molecule has 0 spiro atoms. The Kier molecular flexibility index (Phi) is 2.42. The summed E-state index contributed by atoms with van der Waals surface area (Å²) in [6, 6.07) is 0. The summed E-state index contributed by atoms with van der Waals surface area (Å²) in [5, 5.41) is 0. The van der Waals surface area contributed by atoms with Gasteiger partial charge in [-0.2, -0.15) is 0 Å². The Balaban J connectivity index is 2.36. The molecule has 1 aliphatic heterocycles. The molecule has 0 bridgehead atoms. The molecule has 0 unspecified atom stereocenters.